The Morgan fingerprint density at radius 2 is 1.61 bits per heavy atom. The van der Waals surface area contributed by atoms with Crippen molar-refractivity contribution in [2.24, 2.45) is 0 Å². The zero-order valence-electron chi connectivity index (χ0n) is 13.6. The fourth-order valence-electron chi connectivity index (χ4n) is 3.10. The number of allylic oxidation sites excluding steroid dienone is 2. The highest BCUT2D eigenvalue weighted by Gasteiger charge is 2.44. The average Bonchev–Trinajstić information content (AvgIpc) is 3.09. The monoisotopic (exact) mass is 325 g/mol. The Morgan fingerprint density at radius 1 is 1.00 bits per heavy atom. The highest BCUT2D eigenvalue weighted by atomic mass is 32.3. The SMILES string of the molecule is CCC(O)(c1ccccc1)S1(NC)C=CC(c2ccccc2)=C1. The third-order valence-corrected chi connectivity index (χ3v) is 7.99. The minimum absolute atomic E-state index is 0.649. The maximum Gasteiger partial charge on any atom is 0.138 e. The van der Waals surface area contributed by atoms with Crippen molar-refractivity contribution in [2.75, 3.05) is 7.05 Å². The molecule has 0 fully saturated rings. The number of aliphatic hydroxyl groups is 1. The molecule has 2 N–H and O–H groups in total. The van der Waals surface area contributed by atoms with Crippen LogP contribution in [0.4, 0.5) is 0 Å². The van der Waals surface area contributed by atoms with Gasteiger partial charge in [-0.2, -0.15) is 0 Å². The number of hydrogen-bond donors (Lipinski definition) is 2. The van der Waals surface area contributed by atoms with Crippen LogP contribution in [0.15, 0.2) is 77.6 Å². The van der Waals surface area contributed by atoms with Crippen molar-refractivity contribution in [3.8, 4) is 0 Å². The lowest BCUT2D eigenvalue weighted by molar-refractivity contribution is 0.128. The fourth-order valence-corrected chi connectivity index (χ4v) is 6.17. The zero-order valence-corrected chi connectivity index (χ0v) is 14.4. The van der Waals surface area contributed by atoms with Gasteiger partial charge in [0.25, 0.3) is 0 Å². The molecular formula is C20H23NOS. The molecule has 3 rings (SSSR count). The molecule has 0 aliphatic carbocycles. The van der Waals surface area contributed by atoms with Crippen LogP contribution in [0.1, 0.15) is 24.5 Å². The molecule has 0 spiro atoms. The minimum Gasteiger partial charge on any atom is -0.375 e. The van der Waals surface area contributed by atoms with E-state index in [-0.39, 0.29) is 0 Å². The number of rotatable bonds is 5. The molecule has 2 aromatic rings. The first-order valence-corrected chi connectivity index (χ1v) is 9.66. The van der Waals surface area contributed by atoms with Crippen LogP contribution in [-0.2, 0) is 4.93 Å². The predicted molar refractivity (Wildman–Crippen MR) is 101 cm³/mol. The van der Waals surface area contributed by atoms with Crippen molar-refractivity contribution < 1.29 is 5.11 Å². The molecular weight excluding hydrogens is 302 g/mol. The quantitative estimate of drug-likeness (QED) is 0.831. The van der Waals surface area contributed by atoms with E-state index in [1.54, 1.807) is 0 Å². The number of hydrogen-bond acceptors (Lipinski definition) is 2. The average molecular weight is 325 g/mol. The molecule has 0 saturated carbocycles. The van der Waals surface area contributed by atoms with Crippen molar-refractivity contribution in [2.45, 2.75) is 18.3 Å². The molecule has 0 radical (unpaired) electrons. The molecule has 1 aliphatic rings. The van der Waals surface area contributed by atoms with Gasteiger partial charge >= 0.3 is 0 Å². The highest BCUT2D eigenvalue weighted by molar-refractivity contribution is 8.37. The second kappa shape index (κ2) is 6.36. The molecule has 2 nitrogen and oxygen atoms in total. The maximum absolute atomic E-state index is 11.6. The van der Waals surface area contributed by atoms with Crippen molar-refractivity contribution in [1.29, 1.82) is 0 Å². The van der Waals surface area contributed by atoms with Gasteiger partial charge in [-0.05, 0) is 47.1 Å². The third kappa shape index (κ3) is 2.65. The lowest BCUT2D eigenvalue weighted by atomic mass is 10.1. The molecule has 0 amide bonds. The molecule has 0 aromatic heterocycles. The highest BCUT2D eigenvalue weighted by Crippen LogP contribution is 2.66. The molecule has 2 aromatic carbocycles. The van der Waals surface area contributed by atoms with E-state index < -0.39 is 15.1 Å². The van der Waals surface area contributed by atoms with Crippen LogP contribution in [0.3, 0.4) is 0 Å². The van der Waals surface area contributed by atoms with Gasteiger partial charge in [-0.1, -0.05) is 67.6 Å². The molecule has 2 atom stereocenters. The topological polar surface area (TPSA) is 32.3 Å². The summed E-state index contributed by atoms with van der Waals surface area (Å²) < 4.78 is 3.44. The predicted octanol–water partition coefficient (Wildman–Crippen LogP) is 4.75. The van der Waals surface area contributed by atoms with E-state index in [9.17, 15) is 5.11 Å². The van der Waals surface area contributed by atoms with Gasteiger partial charge in [-0.15, -0.1) is 10.2 Å². The Kier molecular flexibility index (Phi) is 4.44. The second-order valence-electron chi connectivity index (χ2n) is 5.66. The van der Waals surface area contributed by atoms with Crippen LogP contribution in [0.2, 0.25) is 0 Å². The largest absolute Gasteiger partial charge is 0.375 e. The number of benzene rings is 2. The van der Waals surface area contributed by atoms with Gasteiger partial charge in [-0.25, -0.2) is 0 Å². The van der Waals surface area contributed by atoms with Crippen LogP contribution in [0, 0.1) is 0 Å². The van der Waals surface area contributed by atoms with Crippen LogP contribution in [0.25, 0.3) is 5.57 Å². The Morgan fingerprint density at radius 3 is 2.17 bits per heavy atom. The first-order chi connectivity index (χ1) is 11.1. The summed E-state index contributed by atoms with van der Waals surface area (Å²) in [5.74, 6) is 0. The van der Waals surface area contributed by atoms with Crippen LogP contribution in [-0.4, -0.2) is 12.2 Å². The summed E-state index contributed by atoms with van der Waals surface area (Å²) in [5, 5.41) is 16.0. The zero-order chi connectivity index (χ0) is 16.3. The molecule has 3 heteroatoms. The normalized spacial score (nSPS) is 25.4. The van der Waals surface area contributed by atoms with E-state index in [0.717, 1.165) is 11.1 Å². The summed E-state index contributed by atoms with van der Waals surface area (Å²) in [6.07, 6.45) is 2.78. The van der Waals surface area contributed by atoms with Gasteiger partial charge in [-0.3, -0.25) is 4.72 Å². The van der Waals surface area contributed by atoms with Crippen molar-refractivity contribution in [3.63, 3.8) is 0 Å². The second-order valence-corrected chi connectivity index (χ2v) is 8.67. The van der Waals surface area contributed by atoms with Gasteiger partial charge in [0.15, 0.2) is 0 Å². The molecule has 1 heterocycles. The first-order valence-electron chi connectivity index (χ1n) is 7.90. The molecule has 2 unspecified atom stereocenters. The lowest BCUT2D eigenvalue weighted by Crippen LogP contribution is -2.35. The molecule has 23 heavy (non-hydrogen) atoms. The molecule has 120 valence electrons. The van der Waals surface area contributed by atoms with Gasteiger partial charge < -0.3 is 5.11 Å². The van der Waals surface area contributed by atoms with E-state index in [1.807, 2.05) is 62.5 Å². The maximum atomic E-state index is 11.6. The summed E-state index contributed by atoms with van der Waals surface area (Å²) in [5.41, 5.74) is 3.31. The van der Waals surface area contributed by atoms with Gasteiger partial charge in [0.05, 0.1) is 0 Å². The lowest BCUT2D eigenvalue weighted by Gasteiger charge is -2.47. The summed E-state index contributed by atoms with van der Waals surface area (Å²) in [4.78, 5) is -0.921. The van der Waals surface area contributed by atoms with Crippen LogP contribution < -0.4 is 4.72 Å². The molecule has 1 aliphatic heterocycles. The summed E-state index contributed by atoms with van der Waals surface area (Å²) in [6, 6.07) is 20.3. The van der Waals surface area contributed by atoms with E-state index in [4.69, 9.17) is 0 Å². The fraction of sp³-hybridized carbons (Fsp3) is 0.200. The third-order valence-electron chi connectivity index (χ3n) is 4.48. The Labute approximate surface area is 140 Å². The summed E-state index contributed by atoms with van der Waals surface area (Å²) in [7, 11) is 0.261. The number of nitrogens with one attached hydrogen (secondary N) is 1. The standard InChI is InChI=1S/C20H23NOS/c1-3-20(22,19-12-8-5-9-13-19)23(21-2)15-14-18(16-23)17-10-6-4-7-11-17/h4-16,21-22H,3H2,1-2H3. The van der Waals surface area contributed by atoms with Crippen molar-refractivity contribution in [3.05, 3.63) is 88.7 Å². The van der Waals surface area contributed by atoms with Crippen LogP contribution >= 0.6 is 10.2 Å². The van der Waals surface area contributed by atoms with Crippen molar-refractivity contribution in [1.82, 2.24) is 4.72 Å². The van der Waals surface area contributed by atoms with E-state index in [2.05, 4.69) is 33.7 Å². The van der Waals surface area contributed by atoms with Crippen molar-refractivity contribution >= 4 is 15.8 Å². The first kappa shape index (κ1) is 16.1. The summed E-state index contributed by atoms with van der Waals surface area (Å²) in [6.45, 7) is 2.04. The Balaban J connectivity index is 2.08. The van der Waals surface area contributed by atoms with Crippen LogP contribution in [0.5, 0.6) is 0 Å². The van der Waals surface area contributed by atoms with E-state index in [1.165, 1.54) is 5.56 Å². The Hall–Kier alpha value is -1.81. The Bertz CT molecular complexity index is 726. The smallest absolute Gasteiger partial charge is 0.138 e. The van der Waals surface area contributed by atoms with Gasteiger partial charge in [0, 0.05) is 0 Å². The summed E-state index contributed by atoms with van der Waals surface area (Å²) >= 11 is 0. The minimum atomic E-state index is -1.68. The molecule has 0 saturated heterocycles. The molecule has 0 bridgehead atoms. The van der Waals surface area contributed by atoms with E-state index in [0.29, 0.717) is 6.42 Å². The van der Waals surface area contributed by atoms with E-state index >= 15 is 0 Å². The van der Waals surface area contributed by atoms with Gasteiger partial charge in [0.1, 0.15) is 4.93 Å². The van der Waals surface area contributed by atoms with Gasteiger partial charge in [0.2, 0.25) is 0 Å².